The summed E-state index contributed by atoms with van der Waals surface area (Å²) in [5, 5.41) is 19.4. The Bertz CT molecular complexity index is 420. The van der Waals surface area contributed by atoms with Crippen molar-refractivity contribution in [1.82, 2.24) is 0 Å². The van der Waals surface area contributed by atoms with E-state index in [9.17, 15) is 10.2 Å². The predicted octanol–water partition coefficient (Wildman–Crippen LogP) is 1.62. The van der Waals surface area contributed by atoms with Gasteiger partial charge >= 0.3 is 0 Å². The summed E-state index contributed by atoms with van der Waals surface area (Å²) in [6, 6.07) is 5.56. The second kappa shape index (κ2) is 5.16. The molecule has 1 saturated heterocycles. The van der Waals surface area contributed by atoms with E-state index in [2.05, 4.69) is 11.8 Å². The highest BCUT2D eigenvalue weighted by Crippen LogP contribution is 2.33. The zero-order chi connectivity index (χ0) is 13.3. The summed E-state index contributed by atoms with van der Waals surface area (Å²) in [5.74, 6) is 0.712. The number of nitrogens with zero attached hydrogens (tertiary/aromatic N) is 1. The maximum atomic E-state index is 9.98. The normalized spacial score (nSPS) is 25.4. The molecule has 3 atom stereocenters. The Hall–Kier alpha value is -1.26. The Morgan fingerprint density at radius 1 is 1.50 bits per heavy atom. The zero-order valence-corrected chi connectivity index (χ0v) is 11.0. The first-order valence-electron chi connectivity index (χ1n) is 6.50. The van der Waals surface area contributed by atoms with E-state index >= 15 is 0 Å². The van der Waals surface area contributed by atoms with Gasteiger partial charge in [0.05, 0.1) is 12.6 Å². The number of aliphatic hydroxyl groups excluding tert-OH is 1. The van der Waals surface area contributed by atoms with Crippen LogP contribution in [0, 0.1) is 5.92 Å². The van der Waals surface area contributed by atoms with Gasteiger partial charge in [0.2, 0.25) is 0 Å². The molecule has 0 aliphatic carbocycles. The lowest BCUT2D eigenvalue weighted by Gasteiger charge is -2.27. The lowest BCUT2D eigenvalue weighted by molar-refractivity contribution is 0.244. The first kappa shape index (κ1) is 13.2. The van der Waals surface area contributed by atoms with Crippen molar-refractivity contribution in [3.8, 4) is 5.75 Å². The molecule has 0 aromatic heterocycles. The Morgan fingerprint density at radius 3 is 2.78 bits per heavy atom. The van der Waals surface area contributed by atoms with Gasteiger partial charge < -0.3 is 20.8 Å². The number of nitrogens with two attached hydrogens (primary N) is 1. The molecule has 18 heavy (non-hydrogen) atoms. The minimum atomic E-state index is -0.176. The van der Waals surface area contributed by atoms with Gasteiger partial charge in [0.1, 0.15) is 5.75 Å². The minimum Gasteiger partial charge on any atom is -0.508 e. The van der Waals surface area contributed by atoms with Crippen molar-refractivity contribution in [2.24, 2.45) is 11.7 Å². The summed E-state index contributed by atoms with van der Waals surface area (Å²) in [7, 11) is 0. The van der Waals surface area contributed by atoms with Gasteiger partial charge in [-0.1, -0.05) is 13.0 Å². The molecule has 4 heteroatoms. The number of hydrogen-bond acceptors (Lipinski definition) is 4. The highest BCUT2D eigenvalue weighted by Gasteiger charge is 2.30. The first-order valence-corrected chi connectivity index (χ1v) is 6.50. The van der Waals surface area contributed by atoms with Crippen molar-refractivity contribution in [3.05, 3.63) is 23.8 Å². The van der Waals surface area contributed by atoms with E-state index in [0.29, 0.717) is 5.92 Å². The van der Waals surface area contributed by atoms with E-state index in [1.807, 2.05) is 19.1 Å². The lowest BCUT2D eigenvalue weighted by Crippen LogP contribution is -2.35. The van der Waals surface area contributed by atoms with Crippen LogP contribution >= 0.6 is 0 Å². The number of anilines is 1. The second-order valence-corrected chi connectivity index (χ2v) is 5.24. The van der Waals surface area contributed by atoms with E-state index in [0.717, 1.165) is 24.2 Å². The zero-order valence-electron chi connectivity index (χ0n) is 11.0. The number of rotatable bonds is 3. The molecule has 1 aliphatic rings. The molecule has 0 amide bonds. The molecular weight excluding hydrogens is 228 g/mol. The molecule has 1 aliphatic heterocycles. The highest BCUT2D eigenvalue weighted by molar-refractivity contribution is 5.55. The smallest absolute Gasteiger partial charge is 0.122 e. The van der Waals surface area contributed by atoms with Gasteiger partial charge in [-0.05, 0) is 25.3 Å². The van der Waals surface area contributed by atoms with Crippen molar-refractivity contribution >= 4 is 5.69 Å². The van der Waals surface area contributed by atoms with E-state index < -0.39 is 0 Å². The molecule has 0 radical (unpaired) electrons. The van der Waals surface area contributed by atoms with E-state index in [4.69, 9.17) is 5.73 Å². The average molecular weight is 250 g/mol. The third-order valence-electron chi connectivity index (χ3n) is 3.91. The topological polar surface area (TPSA) is 69.7 Å². The quantitative estimate of drug-likeness (QED) is 0.762. The van der Waals surface area contributed by atoms with Crippen LogP contribution in [0.1, 0.15) is 31.9 Å². The van der Waals surface area contributed by atoms with E-state index in [-0.39, 0.29) is 24.4 Å². The maximum Gasteiger partial charge on any atom is 0.122 e. The third-order valence-corrected chi connectivity index (χ3v) is 3.91. The molecule has 1 heterocycles. The van der Waals surface area contributed by atoms with Crippen molar-refractivity contribution in [1.29, 1.82) is 0 Å². The summed E-state index contributed by atoms with van der Waals surface area (Å²) in [6.07, 6.45) is 1.07. The van der Waals surface area contributed by atoms with E-state index in [1.54, 1.807) is 6.07 Å². The van der Waals surface area contributed by atoms with Crippen LogP contribution in [-0.4, -0.2) is 29.4 Å². The fourth-order valence-electron chi connectivity index (χ4n) is 2.70. The summed E-state index contributed by atoms with van der Waals surface area (Å²) >= 11 is 0. The first-order chi connectivity index (χ1) is 8.54. The van der Waals surface area contributed by atoms with E-state index in [1.165, 1.54) is 0 Å². The molecule has 0 bridgehead atoms. The molecule has 2 rings (SSSR count). The van der Waals surface area contributed by atoms with Crippen LogP contribution in [-0.2, 0) is 0 Å². The van der Waals surface area contributed by atoms with Crippen LogP contribution in [0.4, 0.5) is 5.69 Å². The van der Waals surface area contributed by atoms with Gasteiger partial charge in [0.15, 0.2) is 0 Å². The van der Waals surface area contributed by atoms with Gasteiger partial charge in [-0.3, -0.25) is 0 Å². The fourth-order valence-corrected chi connectivity index (χ4v) is 2.70. The van der Waals surface area contributed by atoms with Gasteiger partial charge in [0, 0.05) is 29.9 Å². The largest absolute Gasteiger partial charge is 0.508 e. The third kappa shape index (κ3) is 2.31. The monoisotopic (exact) mass is 250 g/mol. The van der Waals surface area contributed by atoms with Crippen LogP contribution in [0.15, 0.2) is 18.2 Å². The second-order valence-electron chi connectivity index (χ2n) is 5.24. The average Bonchev–Trinajstić information content (AvgIpc) is 2.69. The molecule has 0 spiro atoms. The Morgan fingerprint density at radius 2 is 2.22 bits per heavy atom. The molecule has 4 N–H and O–H groups in total. The SMILES string of the molecule is CC(N)c1ccc(N2CCC(C)C2CO)cc1O. The summed E-state index contributed by atoms with van der Waals surface area (Å²) in [5.41, 5.74) is 7.49. The maximum absolute atomic E-state index is 9.98. The molecule has 1 fully saturated rings. The summed E-state index contributed by atoms with van der Waals surface area (Å²) in [6.45, 7) is 5.07. The molecular formula is C14H22N2O2. The standard InChI is InChI=1S/C14H22N2O2/c1-9-5-6-16(13(9)8-17)11-3-4-12(10(2)15)14(18)7-11/h3-4,7,9-10,13,17-18H,5-6,8,15H2,1-2H3. The predicted molar refractivity (Wildman–Crippen MR) is 72.7 cm³/mol. The van der Waals surface area contributed by atoms with Gasteiger partial charge in [-0.25, -0.2) is 0 Å². The number of aromatic hydroxyl groups is 1. The molecule has 0 saturated carbocycles. The number of phenolic OH excluding ortho intramolecular Hbond substituents is 1. The number of phenols is 1. The molecule has 3 unspecified atom stereocenters. The van der Waals surface area contributed by atoms with Crippen LogP contribution in [0.5, 0.6) is 5.75 Å². The van der Waals surface area contributed by atoms with Crippen molar-refractivity contribution in [2.45, 2.75) is 32.4 Å². The number of aliphatic hydroxyl groups is 1. The number of benzene rings is 1. The summed E-state index contributed by atoms with van der Waals surface area (Å²) in [4.78, 5) is 2.16. The molecule has 1 aromatic carbocycles. The Labute approximate surface area is 108 Å². The Balaban J connectivity index is 2.27. The van der Waals surface area contributed by atoms with Crippen LogP contribution in [0.25, 0.3) is 0 Å². The Kier molecular flexibility index (Phi) is 3.78. The van der Waals surface area contributed by atoms with Crippen molar-refractivity contribution in [2.75, 3.05) is 18.1 Å². The summed E-state index contributed by atoms with van der Waals surface area (Å²) < 4.78 is 0. The molecule has 4 nitrogen and oxygen atoms in total. The van der Waals surface area contributed by atoms with Gasteiger partial charge in [-0.15, -0.1) is 0 Å². The van der Waals surface area contributed by atoms with Crippen molar-refractivity contribution in [3.63, 3.8) is 0 Å². The van der Waals surface area contributed by atoms with Crippen molar-refractivity contribution < 1.29 is 10.2 Å². The number of hydrogen-bond donors (Lipinski definition) is 3. The minimum absolute atomic E-state index is 0.144. The van der Waals surface area contributed by atoms with Crippen LogP contribution < -0.4 is 10.6 Å². The van der Waals surface area contributed by atoms with Crippen LogP contribution in [0.2, 0.25) is 0 Å². The van der Waals surface area contributed by atoms with Crippen LogP contribution in [0.3, 0.4) is 0 Å². The molecule has 1 aromatic rings. The highest BCUT2D eigenvalue weighted by atomic mass is 16.3. The molecule has 100 valence electrons. The fraction of sp³-hybridized carbons (Fsp3) is 0.571. The van der Waals surface area contributed by atoms with Gasteiger partial charge in [0.25, 0.3) is 0 Å². The van der Waals surface area contributed by atoms with Gasteiger partial charge in [-0.2, -0.15) is 0 Å². The lowest BCUT2D eigenvalue weighted by atomic mass is 10.0.